The molecule has 0 spiro atoms. The molecule has 146 valence electrons. The number of azo groups is 1. The average Bonchev–Trinajstić information content (AvgIpc) is 2.96. The summed E-state index contributed by atoms with van der Waals surface area (Å²) >= 11 is 5.24. The SMILES string of the molecule is C[NH+](C)CCCNC(=S)N=Nc1c(O)n(Cc2ccccc2)c2ccccc12. The largest absolute Gasteiger partial charge is 0.493 e. The minimum absolute atomic E-state index is 0.0906. The summed E-state index contributed by atoms with van der Waals surface area (Å²) in [7, 11) is 4.23. The Kier molecular flexibility index (Phi) is 6.73. The maximum Gasteiger partial charge on any atom is 0.221 e. The minimum Gasteiger partial charge on any atom is -0.493 e. The van der Waals surface area contributed by atoms with Gasteiger partial charge in [-0.25, -0.2) is 0 Å². The Morgan fingerprint density at radius 1 is 1.11 bits per heavy atom. The summed E-state index contributed by atoms with van der Waals surface area (Å²) in [5.74, 6) is 0.0906. The van der Waals surface area contributed by atoms with Gasteiger partial charge < -0.3 is 19.9 Å². The van der Waals surface area contributed by atoms with Crippen LogP contribution in [0.3, 0.4) is 0 Å². The maximum absolute atomic E-state index is 10.8. The van der Waals surface area contributed by atoms with E-state index in [9.17, 15) is 5.11 Å². The van der Waals surface area contributed by atoms with Crippen molar-refractivity contribution in [1.82, 2.24) is 9.88 Å². The molecule has 28 heavy (non-hydrogen) atoms. The number of rotatable bonds is 7. The Hall–Kier alpha value is -2.77. The molecule has 0 aliphatic heterocycles. The van der Waals surface area contributed by atoms with Crippen LogP contribution in [0.15, 0.2) is 64.8 Å². The Balaban J connectivity index is 1.79. The van der Waals surface area contributed by atoms with Gasteiger partial charge in [-0.15, -0.1) is 10.2 Å². The zero-order chi connectivity index (χ0) is 19.9. The highest BCUT2D eigenvalue weighted by Crippen LogP contribution is 2.39. The Morgan fingerprint density at radius 2 is 1.82 bits per heavy atom. The summed E-state index contributed by atoms with van der Waals surface area (Å²) in [6, 6.07) is 17.8. The van der Waals surface area contributed by atoms with Crippen molar-refractivity contribution in [2.24, 2.45) is 10.2 Å². The van der Waals surface area contributed by atoms with Gasteiger partial charge in [0.2, 0.25) is 11.0 Å². The smallest absolute Gasteiger partial charge is 0.221 e. The zero-order valence-electron chi connectivity index (χ0n) is 16.2. The van der Waals surface area contributed by atoms with Gasteiger partial charge in [0.15, 0.2) is 5.69 Å². The van der Waals surface area contributed by atoms with Gasteiger partial charge in [-0.2, -0.15) is 0 Å². The van der Waals surface area contributed by atoms with Crippen molar-refractivity contribution in [2.45, 2.75) is 13.0 Å². The normalized spacial score (nSPS) is 11.5. The van der Waals surface area contributed by atoms with Gasteiger partial charge in [-0.1, -0.05) is 48.5 Å². The van der Waals surface area contributed by atoms with E-state index >= 15 is 0 Å². The molecule has 0 unspecified atom stereocenters. The fourth-order valence-electron chi connectivity index (χ4n) is 3.06. The third-order valence-electron chi connectivity index (χ3n) is 4.47. The molecule has 0 aliphatic rings. The van der Waals surface area contributed by atoms with E-state index in [0.717, 1.165) is 36.0 Å². The Labute approximate surface area is 170 Å². The van der Waals surface area contributed by atoms with Crippen LogP contribution in [-0.4, -0.2) is 42.0 Å². The molecule has 0 amide bonds. The van der Waals surface area contributed by atoms with Crippen LogP contribution in [0.4, 0.5) is 5.69 Å². The number of hydrogen-bond acceptors (Lipinski definition) is 3. The van der Waals surface area contributed by atoms with E-state index in [-0.39, 0.29) is 5.88 Å². The van der Waals surface area contributed by atoms with Gasteiger partial charge in [-0.05, 0) is 23.8 Å². The van der Waals surface area contributed by atoms with Crippen LogP contribution in [0.1, 0.15) is 12.0 Å². The molecule has 1 aromatic heterocycles. The second-order valence-electron chi connectivity index (χ2n) is 7.00. The van der Waals surface area contributed by atoms with Gasteiger partial charge in [0, 0.05) is 18.4 Å². The quantitative estimate of drug-likeness (QED) is 0.327. The molecule has 2 aromatic carbocycles. The van der Waals surface area contributed by atoms with Crippen LogP contribution in [-0.2, 0) is 6.54 Å². The number of hydrogen-bond donors (Lipinski definition) is 3. The molecule has 6 nitrogen and oxygen atoms in total. The first-order valence-corrected chi connectivity index (χ1v) is 9.80. The van der Waals surface area contributed by atoms with Gasteiger partial charge >= 0.3 is 0 Å². The second-order valence-corrected chi connectivity index (χ2v) is 7.39. The highest BCUT2D eigenvalue weighted by molar-refractivity contribution is 7.80. The number of para-hydroxylation sites is 1. The summed E-state index contributed by atoms with van der Waals surface area (Å²) in [4.78, 5) is 1.39. The maximum atomic E-state index is 10.8. The van der Waals surface area contributed by atoms with Crippen molar-refractivity contribution in [1.29, 1.82) is 0 Å². The van der Waals surface area contributed by atoms with Crippen molar-refractivity contribution >= 4 is 33.9 Å². The molecule has 0 aliphatic carbocycles. The van der Waals surface area contributed by atoms with Gasteiger partial charge in [0.25, 0.3) is 0 Å². The van der Waals surface area contributed by atoms with E-state index in [2.05, 4.69) is 29.6 Å². The van der Waals surface area contributed by atoms with Crippen LogP contribution < -0.4 is 10.2 Å². The third kappa shape index (κ3) is 4.94. The topological polar surface area (TPSA) is 66.3 Å². The number of aromatic nitrogens is 1. The lowest BCUT2D eigenvalue weighted by Crippen LogP contribution is -3.05. The molecule has 0 saturated heterocycles. The molecule has 0 atom stereocenters. The van der Waals surface area contributed by atoms with E-state index in [1.54, 1.807) is 0 Å². The van der Waals surface area contributed by atoms with Crippen LogP contribution in [0.25, 0.3) is 10.9 Å². The fourth-order valence-corrected chi connectivity index (χ4v) is 3.21. The highest BCUT2D eigenvalue weighted by atomic mass is 32.1. The van der Waals surface area contributed by atoms with E-state index < -0.39 is 0 Å². The summed E-state index contributed by atoms with van der Waals surface area (Å²) in [6.45, 7) is 2.36. The molecular weight excluding hydrogens is 370 g/mol. The number of quaternary nitrogens is 1. The van der Waals surface area contributed by atoms with E-state index in [0.29, 0.717) is 17.3 Å². The number of thiocarbonyl (C=S) groups is 1. The van der Waals surface area contributed by atoms with E-state index in [1.807, 2.05) is 59.2 Å². The Morgan fingerprint density at radius 3 is 2.57 bits per heavy atom. The van der Waals surface area contributed by atoms with Crippen LogP contribution in [0.5, 0.6) is 5.88 Å². The fraction of sp³-hybridized carbons (Fsp3) is 0.286. The zero-order valence-corrected chi connectivity index (χ0v) is 17.0. The van der Waals surface area contributed by atoms with Gasteiger partial charge in [0.1, 0.15) is 0 Å². The summed E-state index contributed by atoms with van der Waals surface area (Å²) < 4.78 is 1.84. The van der Waals surface area contributed by atoms with Crippen molar-refractivity contribution in [3.8, 4) is 5.88 Å². The standard InChI is InChI=1S/C21H25N5OS/c1-25(2)14-8-13-22-21(28)24-23-19-17-11-6-7-12-18(17)26(20(19)27)15-16-9-4-3-5-10-16/h3-7,9-12,27H,8,13-15H2,1-2H3,(H,22,28)/p+1. The highest BCUT2D eigenvalue weighted by Gasteiger charge is 2.16. The van der Waals surface area contributed by atoms with E-state index in [4.69, 9.17) is 12.2 Å². The minimum atomic E-state index is 0.0906. The lowest BCUT2D eigenvalue weighted by molar-refractivity contribution is -0.858. The van der Waals surface area contributed by atoms with Crippen LogP contribution in [0, 0.1) is 0 Å². The van der Waals surface area contributed by atoms with Crippen molar-refractivity contribution < 1.29 is 10.0 Å². The predicted molar refractivity (Wildman–Crippen MR) is 117 cm³/mol. The van der Waals surface area contributed by atoms with Gasteiger partial charge in [0.05, 0.1) is 32.7 Å². The van der Waals surface area contributed by atoms with Crippen molar-refractivity contribution in [3.63, 3.8) is 0 Å². The molecular formula is C21H26N5OS+. The molecule has 1 heterocycles. The molecule has 0 radical (unpaired) electrons. The first kappa shape index (κ1) is 20.0. The van der Waals surface area contributed by atoms with Crippen molar-refractivity contribution in [2.75, 3.05) is 27.2 Å². The number of nitrogens with one attached hydrogen (secondary N) is 2. The van der Waals surface area contributed by atoms with Gasteiger partial charge in [-0.3, -0.25) is 0 Å². The molecule has 3 rings (SSSR count). The summed E-state index contributed by atoms with van der Waals surface area (Å²) in [6.07, 6.45) is 1.000. The lowest BCUT2D eigenvalue weighted by atomic mass is 10.2. The predicted octanol–water partition coefficient (Wildman–Crippen LogP) is 2.89. The molecule has 0 saturated carbocycles. The average molecular weight is 397 g/mol. The third-order valence-corrected chi connectivity index (χ3v) is 4.70. The number of fused-ring (bicyclic) bond motifs is 1. The molecule has 0 bridgehead atoms. The summed E-state index contributed by atoms with van der Waals surface area (Å²) in [5.41, 5.74) is 2.45. The molecule has 3 N–H and O–H groups in total. The number of aromatic hydroxyl groups is 1. The Bertz CT molecular complexity index is 966. The molecule has 0 fully saturated rings. The first-order chi connectivity index (χ1) is 13.6. The number of nitrogens with zero attached hydrogens (tertiary/aromatic N) is 3. The summed E-state index contributed by atoms with van der Waals surface area (Å²) in [5, 5.41) is 23.4. The first-order valence-electron chi connectivity index (χ1n) is 9.39. The second kappa shape index (κ2) is 9.43. The van der Waals surface area contributed by atoms with Crippen LogP contribution in [0.2, 0.25) is 0 Å². The monoisotopic (exact) mass is 396 g/mol. The lowest BCUT2D eigenvalue weighted by Gasteiger charge is -2.07. The molecule has 7 heteroatoms. The molecule has 3 aromatic rings. The number of benzene rings is 2. The van der Waals surface area contributed by atoms with Crippen LogP contribution >= 0.6 is 12.2 Å². The van der Waals surface area contributed by atoms with E-state index in [1.165, 1.54) is 4.90 Å². The van der Waals surface area contributed by atoms with Crippen molar-refractivity contribution in [3.05, 3.63) is 60.2 Å².